The van der Waals surface area contributed by atoms with Gasteiger partial charge in [0.05, 0.1) is 6.61 Å². The molecule has 0 amide bonds. The predicted octanol–water partition coefficient (Wildman–Crippen LogP) is 0.853. The van der Waals surface area contributed by atoms with Gasteiger partial charge in [-0.1, -0.05) is 11.3 Å². The van der Waals surface area contributed by atoms with E-state index in [4.69, 9.17) is 9.47 Å². The zero-order valence-corrected chi connectivity index (χ0v) is 10.7. The number of methoxy groups -OCH3 is 1. The van der Waals surface area contributed by atoms with Crippen LogP contribution in [0.5, 0.6) is 0 Å². The highest BCUT2D eigenvalue weighted by Crippen LogP contribution is 2.10. The van der Waals surface area contributed by atoms with Crippen LogP contribution in [-0.2, 0) is 22.5 Å². The highest BCUT2D eigenvalue weighted by molar-refractivity contribution is 7.11. The zero-order valence-electron chi connectivity index (χ0n) is 9.86. The van der Waals surface area contributed by atoms with Crippen molar-refractivity contribution in [3.63, 3.8) is 0 Å². The first-order chi connectivity index (χ1) is 7.86. The quantitative estimate of drug-likeness (QED) is 0.654. The standard InChI is InChI=1S/C10H19N3O2S/c1-3-15-8-10-13-12-9(16-10)4-5-11-6-7-14-2/h11H,3-8H2,1-2H3. The van der Waals surface area contributed by atoms with Gasteiger partial charge >= 0.3 is 0 Å². The summed E-state index contributed by atoms with van der Waals surface area (Å²) < 4.78 is 10.2. The Bertz CT molecular complexity index is 281. The maximum Gasteiger partial charge on any atom is 0.143 e. The summed E-state index contributed by atoms with van der Waals surface area (Å²) in [6.07, 6.45) is 0.910. The van der Waals surface area contributed by atoms with Crippen molar-refractivity contribution in [2.24, 2.45) is 0 Å². The Morgan fingerprint density at radius 2 is 2.06 bits per heavy atom. The molecule has 0 unspecified atom stereocenters. The minimum Gasteiger partial charge on any atom is -0.383 e. The second kappa shape index (κ2) is 8.58. The molecule has 0 radical (unpaired) electrons. The first-order valence-corrected chi connectivity index (χ1v) is 6.27. The van der Waals surface area contributed by atoms with E-state index < -0.39 is 0 Å². The average Bonchev–Trinajstić information content (AvgIpc) is 2.74. The van der Waals surface area contributed by atoms with Crippen LogP contribution in [0.2, 0.25) is 0 Å². The molecule has 0 saturated carbocycles. The van der Waals surface area contributed by atoms with Gasteiger partial charge < -0.3 is 14.8 Å². The predicted molar refractivity (Wildman–Crippen MR) is 63.7 cm³/mol. The molecule has 6 heteroatoms. The molecule has 92 valence electrons. The summed E-state index contributed by atoms with van der Waals surface area (Å²) in [5.74, 6) is 0. The SMILES string of the molecule is CCOCc1nnc(CCNCCOC)s1. The summed E-state index contributed by atoms with van der Waals surface area (Å²) in [7, 11) is 1.70. The molecule has 16 heavy (non-hydrogen) atoms. The monoisotopic (exact) mass is 245 g/mol. The molecule has 0 atom stereocenters. The number of hydrogen-bond acceptors (Lipinski definition) is 6. The number of nitrogens with zero attached hydrogens (tertiary/aromatic N) is 2. The van der Waals surface area contributed by atoms with Gasteiger partial charge in [0.1, 0.15) is 16.6 Å². The van der Waals surface area contributed by atoms with Crippen LogP contribution in [0.1, 0.15) is 16.9 Å². The first-order valence-electron chi connectivity index (χ1n) is 5.45. The van der Waals surface area contributed by atoms with Gasteiger partial charge in [-0.2, -0.15) is 0 Å². The van der Waals surface area contributed by atoms with Crippen LogP contribution in [0.15, 0.2) is 0 Å². The van der Waals surface area contributed by atoms with Gasteiger partial charge in [0, 0.05) is 33.2 Å². The number of ether oxygens (including phenoxy) is 2. The smallest absolute Gasteiger partial charge is 0.143 e. The number of nitrogens with one attached hydrogen (secondary N) is 1. The molecule has 0 aliphatic carbocycles. The fraction of sp³-hybridized carbons (Fsp3) is 0.800. The van der Waals surface area contributed by atoms with E-state index in [0.717, 1.165) is 36.1 Å². The van der Waals surface area contributed by atoms with Gasteiger partial charge in [-0.05, 0) is 6.92 Å². The summed E-state index contributed by atoms with van der Waals surface area (Å²) in [6.45, 7) is 5.79. The Hall–Kier alpha value is -0.560. The van der Waals surface area contributed by atoms with Crippen molar-refractivity contribution in [3.8, 4) is 0 Å². The van der Waals surface area contributed by atoms with Crippen molar-refractivity contribution >= 4 is 11.3 Å². The van der Waals surface area contributed by atoms with Gasteiger partial charge in [0.15, 0.2) is 0 Å². The minimum atomic E-state index is 0.575. The van der Waals surface area contributed by atoms with Gasteiger partial charge in [0.25, 0.3) is 0 Å². The van der Waals surface area contributed by atoms with Crippen molar-refractivity contribution in [1.29, 1.82) is 0 Å². The lowest BCUT2D eigenvalue weighted by atomic mass is 10.4. The maximum atomic E-state index is 5.27. The molecule has 1 aromatic heterocycles. The molecule has 0 saturated heterocycles. The van der Waals surface area contributed by atoms with Crippen LogP contribution >= 0.6 is 11.3 Å². The molecular formula is C10H19N3O2S. The molecule has 0 aliphatic heterocycles. The van der Waals surface area contributed by atoms with Crippen molar-refractivity contribution in [3.05, 3.63) is 10.0 Å². The Morgan fingerprint density at radius 1 is 1.25 bits per heavy atom. The Balaban J connectivity index is 2.14. The number of rotatable bonds is 9. The summed E-state index contributed by atoms with van der Waals surface area (Å²) >= 11 is 1.62. The fourth-order valence-electron chi connectivity index (χ4n) is 1.13. The third kappa shape index (κ3) is 5.50. The number of aromatic nitrogens is 2. The van der Waals surface area contributed by atoms with Crippen molar-refractivity contribution in [2.75, 3.05) is 33.4 Å². The highest BCUT2D eigenvalue weighted by atomic mass is 32.1. The third-order valence-corrected chi connectivity index (χ3v) is 2.89. The van der Waals surface area contributed by atoms with E-state index in [2.05, 4.69) is 15.5 Å². The zero-order chi connectivity index (χ0) is 11.6. The molecule has 1 heterocycles. The van der Waals surface area contributed by atoms with E-state index >= 15 is 0 Å². The highest BCUT2D eigenvalue weighted by Gasteiger charge is 2.03. The van der Waals surface area contributed by atoms with Gasteiger partial charge in [-0.3, -0.25) is 0 Å². The molecule has 0 spiro atoms. The van der Waals surface area contributed by atoms with Crippen LogP contribution in [0.4, 0.5) is 0 Å². The largest absolute Gasteiger partial charge is 0.383 e. The maximum absolute atomic E-state index is 5.27. The molecule has 0 fully saturated rings. The lowest BCUT2D eigenvalue weighted by molar-refractivity contribution is 0.133. The van der Waals surface area contributed by atoms with Crippen LogP contribution in [0.25, 0.3) is 0 Å². The fourth-order valence-corrected chi connectivity index (χ4v) is 1.91. The van der Waals surface area contributed by atoms with Crippen LogP contribution in [0.3, 0.4) is 0 Å². The average molecular weight is 245 g/mol. The Morgan fingerprint density at radius 3 is 2.81 bits per heavy atom. The summed E-state index contributed by atoms with van der Waals surface area (Å²) in [6, 6.07) is 0. The minimum absolute atomic E-state index is 0.575. The van der Waals surface area contributed by atoms with Crippen molar-refractivity contribution < 1.29 is 9.47 Å². The van der Waals surface area contributed by atoms with Crippen LogP contribution in [0, 0.1) is 0 Å². The van der Waals surface area contributed by atoms with Gasteiger partial charge in [0.2, 0.25) is 0 Å². The van der Waals surface area contributed by atoms with Crippen LogP contribution in [-0.4, -0.2) is 43.6 Å². The van der Waals surface area contributed by atoms with Crippen molar-refractivity contribution in [1.82, 2.24) is 15.5 Å². The normalized spacial score (nSPS) is 10.9. The van der Waals surface area contributed by atoms with Gasteiger partial charge in [-0.25, -0.2) is 0 Å². The van der Waals surface area contributed by atoms with E-state index in [1.165, 1.54) is 0 Å². The topological polar surface area (TPSA) is 56.3 Å². The number of hydrogen-bond donors (Lipinski definition) is 1. The van der Waals surface area contributed by atoms with Crippen LogP contribution < -0.4 is 5.32 Å². The second-order valence-corrected chi connectivity index (χ2v) is 4.37. The van der Waals surface area contributed by atoms with Gasteiger partial charge in [-0.15, -0.1) is 10.2 Å². The Labute approximate surface area is 100 Å². The van der Waals surface area contributed by atoms with E-state index in [1.807, 2.05) is 6.92 Å². The molecule has 0 aliphatic rings. The summed E-state index contributed by atoms with van der Waals surface area (Å²) in [4.78, 5) is 0. The lowest BCUT2D eigenvalue weighted by Crippen LogP contribution is -2.21. The molecule has 1 N–H and O–H groups in total. The van der Waals surface area contributed by atoms with E-state index in [0.29, 0.717) is 13.2 Å². The van der Waals surface area contributed by atoms with E-state index in [-0.39, 0.29) is 0 Å². The summed E-state index contributed by atoms with van der Waals surface area (Å²) in [5.41, 5.74) is 0. The molecule has 0 aromatic carbocycles. The van der Waals surface area contributed by atoms with Crippen molar-refractivity contribution in [2.45, 2.75) is 20.0 Å². The van der Waals surface area contributed by atoms with E-state index in [9.17, 15) is 0 Å². The lowest BCUT2D eigenvalue weighted by Gasteiger charge is -2.00. The molecule has 1 rings (SSSR count). The Kier molecular flexibility index (Phi) is 7.24. The molecular weight excluding hydrogens is 226 g/mol. The van der Waals surface area contributed by atoms with E-state index in [1.54, 1.807) is 18.4 Å². The summed E-state index contributed by atoms with van der Waals surface area (Å²) in [5, 5.41) is 13.4. The second-order valence-electron chi connectivity index (χ2n) is 3.22. The molecule has 5 nitrogen and oxygen atoms in total. The molecule has 1 aromatic rings. The molecule has 0 bridgehead atoms. The first kappa shape index (κ1) is 13.5. The third-order valence-electron chi connectivity index (χ3n) is 1.94.